The van der Waals surface area contributed by atoms with Gasteiger partial charge in [0.2, 0.25) is 18.3 Å². The van der Waals surface area contributed by atoms with Crippen molar-refractivity contribution < 1.29 is 35.3 Å². The van der Waals surface area contributed by atoms with Crippen LogP contribution in [0.15, 0.2) is 30.5 Å². The molecule has 3 aromatic carbocycles. The number of halogens is 7. The summed E-state index contributed by atoms with van der Waals surface area (Å²) in [5.41, 5.74) is 0.338. The first-order valence-electron chi connectivity index (χ1n) is 8.32. The molecule has 9 heteroatoms. The Morgan fingerprint density at radius 1 is 0.690 bits per heavy atom. The number of benzene rings is 3. The van der Waals surface area contributed by atoms with Gasteiger partial charge in [-0.1, -0.05) is 12.1 Å². The van der Waals surface area contributed by atoms with Crippen molar-refractivity contribution in [2.45, 2.75) is 6.67 Å². The van der Waals surface area contributed by atoms with Gasteiger partial charge in [-0.25, -0.2) is 26.3 Å². The third kappa shape index (κ3) is 2.21. The lowest BCUT2D eigenvalue weighted by atomic mass is 10.0. The van der Waals surface area contributed by atoms with Crippen LogP contribution in [0.4, 0.5) is 36.4 Å². The quantitative estimate of drug-likeness (QED) is 0.170. The van der Waals surface area contributed by atoms with E-state index in [1.54, 1.807) is 29.0 Å². The van der Waals surface area contributed by atoms with Crippen LogP contribution in [0.2, 0.25) is 0 Å². The molecule has 1 aliphatic rings. The molecule has 0 amide bonds. The van der Waals surface area contributed by atoms with Crippen LogP contribution in [0.25, 0.3) is 21.7 Å². The van der Waals surface area contributed by atoms with Crippen molar-refractivity contribution in [3.63, 3.8) is 0 Å². The fraction of sp³-hybridized carbons (Fsp3) is 0.0500. The Labute approximate surface area is 157 Å². The van der Waals surface area contributed by atoms with E-state index >= 15 is 0 Å². The van der Waals surface area contributed by atoms with Gasteiger partial charge in [0.15, 0.2) is 35.3 Å². The summed E-state index contributed by atoms with van der Waals surface area (Å²) in [6.45, 7) is -0.183. The smallest absolute Gasteiger partial charge is 0.257 e. The van der Waals surface area contributed by atoms with Crippen LogP contribution >= 0.6 is 0 Å². The molecular weight excluding hydrogens is 401 g/mol. The van der Waals surface area contributed by atoms with Crippen molar-refractivity contribution in [1.29, 1.82) is 0 Å². The summed E-state index contributed by atoms with van der Waals surface area (Å²) >= 11 is 0. The van der Waals surface area contributed by atoms with Crippen molar-refractivity contribution in [2.75, 3.05) is 0 Å². The summed E-state index contributed by atoms with van der Waals surface area (Å²) in [5.74, 6) is -14.8. The van der Waals surface area contributed by atoms with Crippen molar-refractivity contribution in [3.8, 4) is 0 Å². The van der Waals surface area contributed by atoms with Gasteiger partial charge in [-0.05, 0) is 12.1 Å². The molecule has 29 heavy (non-hydrogen) atoms. The number of hydrogen-bond donors (Lipinski definition) is 0. The van der Waals surface area contributed by atoms with Crippen molar-refractivity contribution in [2.24, 2.45) is 0 Å². The number of rotatable bonds is 1. The first-order valence-corrected chi connectivity index (χ1v) is 8.32. The predicted octanol–water partition coefficient (Wildman–Crippen LogP) is 5.50. The molecule has 0 bridgehead atoms. The van der Waals surface area contributed by atoms with E-state index in [1.807, 2.05) is 6.07 Å². The molecule has 1 aromatic heterocycles. The van der Waals surface area contributed by atoms with Crippen LogP contribution in [-0.4, -0.2) is 15.4 Å². The molecule has 0 unspecified atom stereocenters. The summed E-state index contributed by atoms with van der Waals surface area (Å²) in [7, 11) is 0. The van der Waals surface area contributed by atoms with Crippen LogP contribution in [0.1, 0.15) is 5.56 Å². The highest BCUT2D eigenvalue weighted by atomic mass is 19.2. The van der Waals surface area contributed by atoms with Gasteiger partial charge in [-0.3, -0.25) is 4.57 Å². The van der Waals surface area contributed by atoms with Crippen LogP contribution < -0.4 is 0 Å². The lowest BCUT2D eigenvalue weighted by Gasteiger charge is -2.16. The molecule has 4 aromatic rings. The second kappa shape index (κ2) is 5.82. The molecule has 0 saturated heterocycles. The van der Waals surface area contributed by atoms with Gasteiger partial charge < -0.3 is 0 Å². The molecule has 146 valence electrons. The van der Waals surface area contributed by atoms with Gasteiger partial charge in [0.25, 0.3) is 5.69 Å². The Hall–Kier alpha value is -3.36. The second-order valence-electron chi connectivity index (χ2n) is 6.61. The Bertz CT molecular complexity index is 1390. The standard InChI is InChI=1S/C20H8F7N2/c21-12-10-11(14(23)16(25)15(12)24)20(18(27)17(26)13(10)22)29-6-9-3-1-2-8-4-5-28(7-29)19(8)9/h1-6H,7H2/q+1. The van der Waals surface area contributed by atoms with Crippen molar-refractivity contribution >= 4 is 33.6 Å². The topological polar surface area (TPSA) is 7.94 Å². The molecule has 0 N–H and O–H groups in total. The minimum absolute atomic E-state index is 0.183. The third-order valence-corrected chi connectivity index (χ3v) is 5.02. The Balaban J connectivity index is 1.93. The average molecular weight is 409 g/mol. The highest BCUT2D eigenvalue weighted by Crippen LogP contribution is 2.39. The van der Waals surface area contributed by atoms with Gasteiger partial charge >= 0.3 is 0 Å². The van der Waals surface area contributed by atoms with Gasteiger partial charge in [-0.2, -0.15) is 8.97 Å². The monoisotopic (exact) mass is 409 g/mol. The molecule has 0 atom stereocenters. The first-order chi connectivity index (χ1) is 13.8. The van der Waals surface area contributed by atoms with Gasteiger partial charge in [-0.15, -0.1) is 0 Å². The van der Waals surface area contributed by atoms with E-state index in [1.165, 1.54) is 6.21 Å². The second-order valence-corrected chi connectivity index (χ2v) is 6.61. The van der Waals surface area contributed by atoms with Crippen LogP contribution in [0, 0.1) is 40.7 Å². The average Bonchev–Trinajstić information content (AvgIpc) is 3.13. The minimum Gasteiger partial charge on any atom is -0.291 e. The normalized spacial score (nSPS) is 13.4. The van der Waals surface area contributed by atoms with Gasteiger partial charge in [0, 0.05) is 11.6 Å². The summed E-state index contributed by atoms with van der Waals surface area (Å²) in [4.78, 5) is 0. The molecule has 2 nitrogen and oxygen atoms in total. The maximum atomic E-state index is 14.7. The van der Waals surface area contributed by atoms with Crippen LogP contribution in [0.5, 0.6) is 0 Å². The SMILES string of the molecule is Fc1c(F)c(F)c2c([N+]3=Cc4cccc5ccn(c45)C3)c(F)c(F)c(F)c2c1F. The molecular formula is C20H8F7N2+. The summed E-state index contributed by atoms with van der Waals surface area (Å²) in [5, 5.41) is -1.88. The van der Waals surface area contributed by atoms with Gasteiger partial charge in [0.1, 0.15) is 5.39 Å². The fourth-order valence-electron chi connectivity index (χ4n) is 3.77. The predicted molar refractivity (Wildman–Crippen MR) is 90.7 cm³/mol. The van der Waals surface area contributed by atoms with E-state index in [9.17, 15) is 30.7 Å². The Morgan fingerprint density at radius 3 is 2.00 bits per heavy atom. The molecule has 1 aliphatic heterocycles. The molecule has 0 saturated carbocycles. The summed E-state index contributed by atoms with van der Waals surface area (Å²) in [6, 6.07) is 6.91. The number of para-hydroxylation sites is 1. The van der Waals surface area contributed by atoms with E-state index in [-0.39, 0.29) is 6.67 Å². The molecule has 0 radical (unpaired) electrons. The summed E-state index contributed by atoms with van der Waals surface area (Å²) in [6.07, 6.45) is 2.95. The Kier molecular flexibility index (Phi) is 3.56. The number of hydrogen-bond acceptors (Lipinski definition) is 0. The van der Waals surface area contributed by atoms with Crippen LogP contribution in [-0.2, 0) is 6.67 Å². The highest BCUT2D eigenvalue weighted by Gasteiger charge is 2.36. The van der Waals surface area contributed by atoms with Crippen LogP contribution in [0.3, 0.4) is 0 Å². The number of nitrogens with zero attached hydrogens (tertiary/aromatic N) is 2. The van der Waals surface area contributed by atoms with Crippen molar-refractivity contribution in [1.82, 2.24) is 4.57 Å². The molecule has 0 aliphatic carbocycles. The lowest BCUT2D eigenvalue weighted by molar-refractivity contribution is -0.472. The summed E-state index contributed by atoms with van der Waals surface area (Å²) < 4.78 is 102. The maximum Gasteiger partial charge on any atom is 0.257 e. The molecule has 0 fully saturated rings. The fourth-order valence-corrected chi connectivity index (χ4v) is 3.77. The molecule has 5 rings (SSSR count). The number of aromatic nitrogens is 1. The highest BCUT2D eigenvalue weighted by molar-refractivity contribution is 5.99. The zero-order valence-electron chi connectivity index (χ0n) is 14.2. The van der Waals surface area contributed by atoms with E-state index in [0.29, 0.717) is 5.56 Å². The third-order valence-electron chi connectivity index (χ3n) is 5.02. The zero-order chi connectivity index (χ0) is 20.6. The lowest BCUT2D eigenvalue weighted by Crippen LogP contribution is -2.21. The van der Waals surface area contributed by atoms with E-state index in [2.05, 4.69) is 0 Å². The van der Waals surface area contributed by atoms with E-state index in [4.69, 9.17) is 0 Å². The van der Waals surface area contributed by atoms with E-state index < -0.39 is 57.2 Å². The van der Waals surface area contributed by atoms with E-state index in [0.717, 1.165) is 15.5 Å². The Morgan fingerprint density at radius 2 is 1.31 bits per heavy atom. The van der Waals surface area contributed by atoms with Gasteiger partial charge in [0.05, 0.1) is 16.5 Å². The zero-order valence-corrected chi connectivity index (χ0v) is 14.2. The van der Waals surface area contributed by atoms with Crippen molar-refractivity contribution in [3.05, 3.63) is 76.7 Å². The molecule has 2 heterocycles. The molecule has 0 spiro atoms. The number of fused-ring (bicyclic) bond motifs is 1. The first kappa shape index (κ1) is 17.7. The largest absolute Gasteiger partial charge is 0.291 e. The minimum atomic E-state index is -2.31. The maximum absolute atomic E-state index is 14.7.